The predicted octanol–water partition coefficient (Wildman–Crippen LogP) is 4.27. The maximum Gasteiger partial charge on any atom is 0.258 e. The predicted molar refractivity (Wildman–Crippen MR) is 100 cm³/mol. The highest BCUT2D eigenvalue weighted by Crippen LogP contribution is 2.18. The summed E-state index contributed by atoms with van der Waals surface area (Å²) in [4.78, 5) is 18.8. The standard InChI is InChI=1S/C18H16BrClFN3O/c1-2-23(9-12-7-13(19)3-5-16(12)21)11-15-8-18(25)24-10-14(20)4-6-17(24)22-15/h3-8,10H,2,9,11H2,1H3. The number of halogens is 3. The van der Waals surface area contributed by atoms with Crippen molar-refractivity contribution in [2.45, 2.75) is 20.0 Å². The number of pyridine rings is 1. The Morgan fingerprint density at radius 3 is 2.80 bits per heavy atom. The first-order chi connectivity index (χ1) is 12.0. The second-order valence-corrected chi connectivity index (χ2v) is 7.05. The molecule has 2 heterocycles. The van der Waals surface area contributed by atoms with E-state index in [0.717, 1.165) is 4.47 Å². The summed E-state index contributed by atoms with van der Waals surface area (Å²) in [5.41, 5.74) is 1.59. The molecular weight excluding hydrogens is 409 g/mol. The monoisotopic (exact) mass is 423 g/mol. The molecule has 3 rings (SSSR count). The van der Waals surface area contributed by atoms with Crippen molar-refractivity contribution in [2.75, 3.05) is 6.54 Å². The Balaban J connectivity index is 1.86. The van der Waals surface area contributed by atoms with Crippen LogP contribution in [-0.2, 0) is 13.1 Å². The van der Waals surface area contributed by atoms with Crippen molar-refractivity contribution in [3.05, 3.63) is 79.5 Å². The van der Waals surface area contributed by atoms with Gasteiger partial charge < -0.3 is 0 Å². The molecule has 0 aliphatic heterocycles. The van der Waals surface area contributed by atoms with Gasteiger partial charge in [0, 0.05) is 35.4 Å². The summed E-state index contributed by atoms with van der Waals surface area (Å²) in [5, 5.41) is 0.476. The van der Waals surface area contributed by atoms with Crippen LogP contribution >= 0.6 is 27.5 Å². The van der Waals surface area contributed by atoms with Crippen LogP contribution in [0.3, 0.4) is 0 Å². The average molecular weight is 425 g/mol. The van der Waals surface area contributed by atoms with Crippen molar-refractivity contribution in [3.63, 3.8) is 0 Å². The summed E-state index contributed by atoms with van der Waals surface area (Å²) in [7, 11) is 0. The fourth-order valence-corrected chi connectivity index (χ4v) is 3.19. The third kappa shape index (κ3) is 4.26. The molecule has 1 aromatic carbocycles. The van der Waals surface area contributed by atoms with E-state index in [-0.39, 0.29) is 11.4 Å². The van der Waals surface area contributed by atoms with Crippen molar-refractivity contribution in [1.29, 1.82) is 0 Å². The van der Waals surface area contributed by atoms with Crippen LogP contribution in [-0.4, -0.2) is 20.8 Å². The molecule has 3 aromatic rings. The molecule has 4 nitrogen and oxygen atoms in total. The van der Waals surface area contributed by atoms with Crippen molar-refractivity contribution in [2.24, 2.45) is 0 Å². The number of rotatable bonds is 5. The van der Waals surface area contributed by atoms with E-state index in [9.17, 15) is 9.18 Å². The fourth-order valence-electron chi connectivity index (χ4n) is 2.62. The van der Waals surface area contributed by atoms with Gasteiger partial charge in [-0.25, -0.2) is 9.37 Å². The van der Waals surface area contributed by atoms with Gasteiger partial charge in [-0.2, -0.15) is 0 Å². The van der Waals surface area contributed by atoms with E-state index in [1.165, 1.54) is 16.5 Å². The molecule has 2 aromatic heterocycles. The zero-order chi connectivity index (χ0) is 18.0. The lowest BCUT2D eigenvalue weighted by Crippen LogP contribution is -2.25. The second-order valence-electron chi connectivity index (χ2n) is 5.70. The van der Waals surface area contributed by atoms with Crippen LogP contribution in [0, 0.1) is 5.82 Å². The van der Waals surface area contributed by atoms with E-state index in [2.05, 4.69) is 20.9 Å². The Labute approximate surface area is 158 Å². The molecule has 25 heavy (non-hydrogen) atoms. The summed E-state index contributed by atoms with van der Waals surface area (Å²) in [6, 6.07) is 9.77. The summed E-state index contributed by atoms with van der Waals surface area (Å²) < 4.78 is 16.2. The number of fused-ring (bicyclic) bond motifs is 1. The molecule has 0 spiro atoms. The molecule has 0 saturated heterocycles. The normalized spacial score (nSPS) is 11.4. The first-order valence-corrected chi connectivity index (χ1v) is 8.97. The number of aromatic nitrogens is 2. The smallest absolute Gasteiger partial charge is 0.258 e. The summed E-state index contributed by atoms with van der Waals surface area (Å²) >= 11 is 9.29. The minimum Gasteiger partial charge on any atom is -0.293 e. The van der Waals surface area contributed by atoms with Gasteiger partial charge in [0.25, 0.3) is 5.56 Å². The van der Waals surface area contributed by atoms with E-state index >= 15 is 0 Å². The topological polar surface area (TPSA) is 37.6 Å². The van der Waals surface area contributed by atoms with Crippen molar-refractivity contribution in [3.8, 4) is 0 Å². The molecule has 0 bridgehead atoms. The minimum absolute atomic E-state index is 0.188. The highest BCUT2D eigenvalue weighted by molar-refractivity contribution is 9.10. The zero-order valence-corrected chi connectivity index (χ0v) is 15.9. The van der Waals surface area contributed by atoms with Crippen LogP contribution < -0.4 is 5.56 Å². The first kappa shape index (κ1) is 18.0. The summed E-state index contributed by atoms with van der Waals surface area (Å²) in [6.45, 7) is 3.58. The lowest BCUT2D eigenvalue weighted by Gasteiger charge is -2.20. The number of hydrogen-bond acceptors (Lipinski definition) is 3. The minimum atomic E-state index is -0.247. The van der Waals surface area contributed by atoms with Gasteiger partial charge >= 0.3 is 0 Å². The molecule has 0 amide bonds. The van der Waals surface area contributed by atoms with Crippen LogP contribution in [0.5, 0.6) is 0 Å². The van der Waals surface area contributed by atoms with Crippen LogP contribution in [0.25, 0.3) is 5.65 Å². The Bertz CT molecular complexity index is 976. The molecule has 0 aliphatic rings. The van der Waals surface area contributed by atoms with Crippen LogP contribution in [0.4, 0.5) is 4.39 Å². The van der Waals surface area contributed by atoms with E-state index in [1.807, 2.05) is 11.8 Å². The van der Waals surface area contributed by atoms with Gasteiger partial charge in [-0.05, 0) is 36.9 Å². The Hall–Kier alpha value is -1.76. The molecule has 0 N–H and O–H groups in total. The van der Waals surface area contributed by atoms with Gasteiger partial charge in [0.15, 0.2) is 0 Å². The largest absolute Gasteiger partial charge is 0.293 e. The third-order valence-corrected chi connectivity index (χ3v) is 4.63. The maximum atomic E-state index is 14.0. The molecule has 7 heteroatoms. The molecule has 0 aliphatic carbocycles. The van der Waals surface area contributed by atoms with E-state index < -0.39 is 0 Å². The number of hydrogen-bond donors (Lipinski definition) is 0. The maximum absolute atomic E-state index is 14.0. The Kier molecular flexibility index (Phi) is 5.51. The molecule has 0 radical (unpaired) electrons. The molecule has 0 saturated carbocycles. The van der Waals surface area contributed by atoms with Crippen molar-refractivity contribution in [1.82, 2.24) is 14.3 Å². The van der Waals surface area contributed by atoms with Gasteiger partial charge in [0.05, 0.1) is 10.7 Å². The van der Waals surface area contributed by atoms with Crippen LogP contribution in [0.1, 0.15) is 18.2 Å². The SMILES string of the molecule is CCN(Cc1cc(=O)n2cc(Cl)ccc2n1)Cc1cc(Br)ccc1F. The first-order valence-electron chi connectivity index (χ1n) is 7.80. The molecule has 0 unspecified atom stereocenters. The average Bonchev–Trinajstić information content (AvgIpc) is 2.58. The second kappa shape index (κ2) is 7.64. The lowest BCUT2D eigenvalue weighted by molar-refractivity contribution is 0.264. The fraction of sp³-hybridized carbons (Fsp3) is 0.222. The highest BCUT2D eigenvalue weighted by Gasteiger charge is 2.11. The summed E-state index contributed by atoms with van der Waals surface area (Å²) in [6.07, 6.45) is 1.55. The van der Waals surface area contributed by atoms with Crippen LogP contribution in [0.2, 0.25) is 5.02 Å². The lowest BCUT2D eigenvalue weighted by atomic mass is 10.2. The van der Waals surface area contributed by atoms with Gasteiger partial charge in [0.1, 0.15) is 11.5 Å². The molecular formula is C18H16BrClFN3O. The van der Waals surface area contributed by atoms with Gasteiger partial charge in [-0.1, -0.05) is 34.5 Å². The molecule has 130 valence electrons. The van der Waals surface area contributed by atoms with E-state index in [0.29, 0.717) is 41.6 Å². The highest BCUT2D eigenvalue weighted by atomic mass is 79.9. The van der Waals surface area contributed by atoms with Crippen molar-refractivity contribution >= 4 is 33.2 Å². The number of nitrogens with zero attached hydrogens (tertiary/aromatic N) is 3. The van der Waals surface area contributed by atoms with Gasteiger partial charge in [-0.15, -0.1) is 0 Å². The van der Waals surface area contributed by atoms with Gasteiger partial charge in [-0.3, -0.25) is 14.1 Å². The van der Waals surface area contributed by atoms with E-state index in [4.69, 9.17) is 11.6 Å². The quantitative estimate of drug-likeness (QED) is 0.614. The van der Waals surface area contributed by atoms with Crippen LogP contribution in [0.15, 0.2) is 51.9 Å². The molecule has 0 fully saturated rings. The Morgan fingerprint density at radius 2 is 2.04 bits per heavy atom. The van der Waals surface area contributed by atoms with Crippen molar-refractivity contribution < 1.29 is 4.39 Å². The summed E-state index contributed by atoms with van der Waals surface area (Å²) in [5.74, 6) is -0.247. The zero-order valence-electron chi connectivity index (χ0n) is 13.5. The number of benzene rings is 1. The van der Waals surface area contributed by atoms with E-state index in [1.54, 1.807) is 30.5 Å². The third-order valence-electron chi connectivity index (χ3n) is 3.91. The molecule has 0 atom stereocenters. The van der Waals surface area contributed by atoms with Gasteiger partial charge in [0.2, 0.25) is 0 Å². The Morgan fingerprint density at radius 1 is 1.24 bits per heavy atom.